The molecule has 21 heavy (non-hydrogen) atoms. The summed E-state index contributed by atoms with van der Waals surface area (Å²) in [7, 11) is 0. The molecule has 1 aliphatic heterocycles. The number of piperidine rings is 1. The number of nitrogens with two attached hydrogens (primary N) is 1. The Kier molecular flexibility index (Phi) is 4.21. The number of para-hydroxylation sites is 2. The van der Waals surface area contributed by atoms with Crippen LogP contribution in [0.4, 0.5) is 5.88 Å². The quantitative estimate of drug-likeness (QED) is 0.721. The zero-order chi connectivity index (χ0) is 14.5. The summed E-state index contributed by atoms with van der Waals surface area (Å²) in [6.07, 6.45) is 5.94. The van der Waals surface area contributed by atoms with Gasteiger partial charge in [-0.25, -0.2) is 4.98 Å². The molecule has 1 aromatic carbocycles. The summed E-state index contributed by atoms with van der Waals surface area (Å²) in [4.78, 5) is 4.44. The molecule has 1 saturated heterocycles. The third kappa shape index (κ3) is 3.25. The number of anilines is 1. The summed E-state index contributed by atoms with van der Waals surface area (Å²) >= 11 is 0. The van der Waals surface area contributed by atoms with Gasteiger partial charge < -0.3 is 20.0 Å². The van der Waals surface area contributed by atoms with E-state index < -0.39 is 0 Å². The van der Waals surface area contributed by atoms with Crippen molar-refractivity contribution in [2.45, 2.75) is 18.9 Å². The summed E-state index contributed by atoms with van der Waals surface area (Å²) in [5.74, 6) is 0.468. The van der Waals surface area contributed by atoms with E-state index in [-0.39, 0.29) is 0 Å². The minimum Gasteiger partial charge on any atom is -0.449 e. The van der Waals surface area contributed by atoms with Crippen molar-refractivity contribution in [1.82, 2.24) is 14.9 Å². The number of hydrogen-bond acceptors (Lipinski definition) is 4. The maximum atomic E-state index is 5.11. The molecule has 0 saturated carbocycles. The Morgan fingerprint density at radius 2 is 1.95 bits per heavy atom. The fourth-order valence-electron chi connectivity index (χ4n) is 2.65. The van der Waals surface area contributed by atoms with Gasteiger partial charge in [0.15, 0.2) is 5.88 Å². The fraction of sp³-hybridized carbons (Fsp3) is 0.312. The van der Waals surface area contributed by atoms with Crippen LogP contribution in [0.5, 0.6) is 0 Å². The number of furan rings is 1. The Balaban J connectivity index is 0.000000186. The van der Waals surface area contributed by atoms with Crippen LogP contribution in [0.15, 0.2) is 53.4 Å². The van der Waals surface area contributed by atoms with E-state index in [1.165, 1.54) is 24.6 Å². The number of hydrogen-bond donors (Lipinski definition) is 2. The number of nitrogens with one attached hydrogen (secondary N) is 1. The van der Waals surface area contributed by atoms with Crippen LogP contribution < -0.4 is 11.1 Å². The van der Waals surface area contributed by atoms with Crippen LogP contribution in [0, 0.1) is 0 Å². The second-order valence-electron chi connectivity index (χ2n) is 5.14. The highest BCUT2D eigenvalue weighted by molar-refractivity contribution is 5.75. The molecule has 0 unspecified atom stereocenters. The average Bonchev–Trinajstić information content (AvgIpc) is 3.17. The zero-order valence-corrected chi connectivity index (χ0v) is 11.9. The predicted molar refractivity (Wildman–Crippen MR) is 84.0 cm³/mol. The zero-order valence-electron chi connectivity index (χ0n) is 11.9. The number of rotatable bonds is 1. The Hall–Kier alpha value is -2.27. The molecule has 5 nitrogen and oxygen atoms in total. The maximum absolute atomic E-state index is 5.11. The van der Waals surface area contributed by atoms with Gasteiger partial charge in [-0.1, -0.05) is 12.1 Å². The predicted octanol–water partition coefficient (Wildman–Crippen LogP) is 2.82. The average molecular weight is 284 g/mol. The van der Waals surface area contributed by atoms with E-state index in [4.69, 9.17) is 5.73 Å². The highest BCUT2D eigenvalue weighted by atomic mass is 16.3. The number of fused-ring (bicyclic) bond motifs is 1. The van der Waals surface area contributed by atoms with Gasteiger partial charge in [-0.15, -0.1) is 0 Å². The Labute approximate surface area is 123 Å². The topological polar surface area (TPSA) is 69.0 Å². The number of nitrogen functional groups attached to an aromatic ring is 1. The first-order valence-electron chi connectivity index (χ1n) is 7.26. The summed E-state index contributed by atoms with van der Waals surface area (Å²) in [6, 6.07) is 12.4. The van der Waals surface area contributed by atoms with Gasteiger partial charge in [-0.2, -0.15) is 0 Å². The van der Waals surface area contributed by atoms with Crippen molar-refractivity contribution in [2.75, 3.05) is 18.8 Å². The van der Waals surface area contributed by atoms with E-state index in [0.717, 1.165) is 18.6 Å². The first-order chi connectivity index (χ1) is 10.3. The highest BCUT2D eigenvalue weighted by Gasteiger charge is 2.16. The van der Waals surface area contributed by atoms with Gasteiger partial charge in [0.25, 0.3) is 0 Å². The molecule has 110 valence electrons. The molecule has 0 aliphatic carbocycles. The molecule has 2 aromatic heterocycles. The Morgan fingerprint density at radius 1 is 1.14 bits per heavy atom. The third-order valence-electron chi connectivity index (χ3n) is 3.73. The van der Waals surface area contributed by atoms with Gasteiger partial charge in [0, 0.05) is 12.1 Å². The lowest BCUT2D eigenvalue weighted by molar-refractivity contribution is 0.374. The van der Waals surface area contributed by atoms with Gasteiger partial charge in [0.05, 0.1) is 23.6 Å². The van der Waals surface area contributed by atoms with Crippen molar-refractivity contribution in [1.29, 1.82) is 0 Å². The van der Waals surface area contributed by atoms with Crippen molar-refractivity contribution in [3.05, 3.63) is 49.0 Å². The molecule has 4 rings (SSSR count). The number of nitrogens with zero attached hydrogens (tertiary/aromatic N) is 2. The molecule has 0 spiro atoms. The van der Waals surface area contributed by atoms with E-state index >= 15 is 0 Å². The molecule has 5 heteroatoms. The minimum atomic E-state index is 0.468. The normalized spacial score (nSPS) is 15.6. The Morgan fingerprint density at radius 3 is 2.62 bits per heavy atom. The van der Waals surface area contributed by atoms with Crippen molar-refractivity contribution >= 4 is 16.9 Å². The monoisotopic (exact) mass is 284 g/mol. The molecule has 0 atom stereocenters. The van der Waals surface area contributed by atoms with Crippen LogP contribution in [0.25, 0.3) is 11.0 Å². The Bertz CT molecular complexity index is 668. The molecule has 0 radical (unpaired) electrons. The van der Waals surface area contributed by atoms with Crippen LogP contribution in [0.1, 0.15) is 18.9 Å². The highest BCUT2D eigenvalue weighted by Crippen LogP contribution is 2.23. The molecular weight excluding hydrogens is 264 g/mol. The molecule has 3 aromatic rings. The summed E-state index contributed by atoms with van der Waals surface area (Å²) in [5, 5.41) is 3.39. The first-order valence-corrected chi connectivity index (χ1v) is 7.26. The van der Waals surface area contributed by atoms with Gasteiger partial charge in [-0.3, -0.25) is 0 Å². The molecular formula is C16H20N4O. The molecule has 1 fully saturated rings. The first kappa shape index (κ1) is 13.7. The van der Waals surface area contributed by atoms with E-state index in [1.54, 1.807) is 12.1 Å². The second-order valence-corrected chi connectivity index (χ2v) is 5.14. The second kappa shape index (κ2) is 6.45. The minimum absolute atomic E-state index is 0.468. The lowest BCUT2D eigenvalue weighted by Crippen LogP contribution is -2.29. The van der Waals surface area contributed by atoms with Crippen molar-refractivity contribution in [2.24, 2.45) is 0 Å². The molecule has 3 heterocycles. The van der Waals surface area contributed by atoms with Crippen LogP contribution in [-0.2, 0) is 0 Å². The van der Waals surface area contributed by atoms with Gasteiger partial charge in [0.2, 0.25) is 0 Å². The smallest absolute Gasteiger partial charge is 0.190 e. The number of imidazole rings is 1. The van der Waals surface area contributed by atoms with Crippen molar-refractivity contribution < 1.29 is 4.42 Å². The lowest BCUT2D eigenvalue weighted by atomic mass is 10.1. The van der Waals surface area contributed by atoms with E-state index in [2.05, 4.69) is 37.5 Å². The van der Waals surface area contributed by atoms with E-state index in [0.29, 0.717) is 11.9 Å². The SMILES string of the molecule is Nc1ccco1.c1ccc2c(c1)ncn2C1CCNCC1. The van der Waals surface area contributed by atoms with E-state index in [1.807, 2.05) is 12.4 Å². The fourth-order valence-corrected chi connectivity index (χ4v) is 2.65. The summed E-state index contributed by atoms with van der Waals surface area (Å²) in [5.41, 5.74) is 7.49. The van der Waals surface area contributed by atoms with Crippen molar-refractivity contribution in [3.63, 3.8) is 0 Å². The van der Waals surface area contributed by atoms with Gasteiger partial charge >= 0.3 is 0 Å². The van der Waals surface area contributed by atoms with Crippen molar-refractivity contribution in [3.8, 4) is 0 Å². The van der Waals surface area contributed by atoms with Crippen LogP contribution in [0.2, 0.25) is 0 Å². The number of aromatic nitrogens is 2. The molecule has 0 amide bonds. The summed E-state index contributed by atoms with van der Waals surface area (Å²) in [6.45, 7) is 2.24. The van der Waals surface area contributed by atoms with E-state index in [9.17, 15) is 0 Å². The third-order valence-corrected chi connectivity index (χ3v) is 3.73. The van der Waals surface area contributed by atoms with Gasteiger partial charge in [0.1, 0.15) is 0 Å². The standard InChI is InChI=1S/C12H15N3.C4H5NO/c1-2-4-12-11(3-1)14-9-15(12)10-5-7-13-8-6-10;5-4-2-1-3-6-4/h1-4,9-10,13H,5-8H2;1-3H,5H2. The summed E-state index contributed by atoms with van der Waals surface area (Å²) < 4.78 is 6.94. The van der Waals surface area contributed by atoms with Crippen LogP contribution in [0.3, 0.4) is 0 Å². The molecule has 0 bridgehead atoms. The number of benzene rings is 1. The van der Waals surface area contributed by atoms with Crippen LogP contribution in [-0.4, -0.2) is 22.6 Å². The van der Waals surface area contributed by atoms with Gasteiger partial charge in [-0.05, 0) is 44.1 Å². The molecule has 3 N–H and O–H groups in total. The maximum Gasteiger partial charge on any atom is 0.190 e. The largest absolute Gasteiger partial charge is 0.449 e. The van der Waals surface area contributed by atoms with Crippen LogP contribution >= 0.6 is 0 Å². The lowest BCUT2D eigenvalue weighted by Gasteiger charge is -2.24. The molecule has 1 aliphatic rings.